The fourth-order valence-corrected chi connectivity index (χ4v) is 8.31. The molecule has 2 aromatic carbocycles. The maximum Gasteiger partial charge on any atom is 0.245 e. The van der Waals surface area contributed by atoms with Crippen molar-refractivity contribution in [2.75, 3.05) is 19.3 Å². The van der Waals surface area contributed by atoms with E-state index >= 15 is 0 Å². The summed E-state index contributed by atoms with van der Waals surface area (Å²) in [6.07, 6.45) is 7.44. The highest BCUT2D eigenvalue weighted by atomic mass is 32.2. The Morgan fingerprint density at radius 2 is 1.71 bits per heavy atom. The summed E-state index contributed by atoms with van der Waals surface area (Å²) in [6.45, 7) is 4.28. The summed E-state index contributed by atoms with van der Waals surface area (Å²) in [5.74, 6) is -1.13. The van der Waals surface area contributed by atoms with Crippen molar-refractivity contribution in [1.29, 1.82) is 0 Å². The van der Waals surface area contributed by atoms with Gasteiger partial charge in [-0.25, -0.2) is 8.42 Å². The summed E-state index contributed by atoms with van der Waals surface area (Å²) in [7, 11) is -3.57. The Balaban J connectivity index is 1.42. The van der Waals surface area contributed by atoms with E-state index in [1.54, 1.807) is 4.90 Å². The highest BCUT2D eigenvalue weighted by Crippen LogP contribution is 2.39. The third-order valence-electron chi connectivity index (χ3n) is 9.64. The monoisotopic (exact) mass is 581 g/mol. The van der Waals surface area contributed by atoms with Gasteiger partial charge in [0.05, 0.1) is 18.2 Å². The number of rotatable bonds is 9. The molecule has 0 spiro atoms. The Bertz CT molecular complexity index is 1400. The molecule has 2 aromatic rings. The maximum absolute atomic E-state index is 14.3. The number of hydrogen-bond donors (Lipinski definition) is 1. The number of amides is 2. The molecule has 2 amide bonds. The first-order valence-electron chi connectivity index (χ1n) is 15.2. The van der Waals surface area contributed by atoms with Crippen molar-refractivity contribution >= 4 is 38.4 Å². The Morgan fingerprint density at radius 1 is 1.00 bits per heavy atom. The number of nitrogens with zero attached hydrogens (tertiary/aromatic N) is 2. The van der Waals surface area contributed by atoms with Gasteiger partial charge in [-0.2, -0.15) is 4.31 Å². The molecule has 3 aliphatic rings. The van der Waals surface area contributed by atoms with E-state index in [1.807, 2.05) is 56.3 Å². The summed E-state index contributed by atoms with van der Waals surface area (Å²) in [5, 5.41) is 5.23. The number of ketones is 1. The smallest absolute Gasteiger partial charge is 0.245 e. The fraction of sp³-hybridized carbons (Fsp3) is 0.594. The largest absolute Gasteiger partial charge is 0.344 e. The van der Waals surface area contributed by atoms with E-state index in [0.29, 0.717) is 19.4 Å². The Kier molecular flexibility index (Phi) is 8.85. The molecule has 2 aliphatic heterocycles. The van der Waals surface area contributed by atoms with Crippen LogP contribution in [0.5, 0.6) is 0 Å². The zero-order valence-corrected chi connectivity index (χ0v) is 25.2. The van der Waals surface area contributed by atoms with Gasteiger partial charge in [0.1, 0.15) is 11.8 Å². The Morgan fingerprint density at radius 3 is 2.39 bits per heavy atom. The number of sulfonamides is 1. The van der Waals surface area contributed by atoms with Crippen molar-refractivity contribution in [3.63, 3.8) is 0 Å². The topological polar surface area (TPSA) is 104 Å². The predicted molar refractivity (Wildman–Crippen MR) is 160 cm³/mol. The van der Waals surface area contributed by atoms with Crippen molar-refractivity contribution in [2.45, 2.75) is 83.3 Å². The molecular formula is C32H43N3O5S. The number of likely N-dealkylation sites (tertiary alicyclic amines) is 1. The quantitative estimate of drug-likeness (QED) is 0.484. The third-order valence-corrected chi connectivity index (χ3v) is 10.9. The number of benzene rings is 2. The molecule has 41 heavy (non-hydrogen) atoms. The minimum Gasteiger partial charge on any atom is -0.344 e. The number of carbonyl (C=O) groups is 3. The summed E-state index contributed by atoms with van der Waals surface area (Å²) < 4.78 is 27.1. The second kappa shape index (κ2) is 12.2. The van der Waals surface area contributed by atoms with Gasteiger partial charge < -0.3 is 10.2 Å². The van der Waals surface area contributed by atoms with E-state index < -0.39 is 34.1 Å². The van der Waals surface area contributed by atoms with E-state index in [4.69, 9.17) is 0 Å². The molecule has 0 radical (unpaired) electrons. The van der Waals surface area contributed by atoms with Gasteiger partial charge in [0, 0.05) is 31.5 Å². The third kappa shape index (κ3) is 6.21. The van der Waals surface area contributed by atoms with Gasteiger partial charge in [-0.1, -0.05) is 75.6 Å². The first-order chi connectivity index (χ1) is 19.6. The van der Waals surface area contributed by atoms with Crippen LogP contribution in [0.4, 0.5) is 0 Å². The van der Waals surface area contributed by atoms with Gasteiger partial charge in [-0.3, -0.25) is 14.4 Å². The lowest BCUT2D eigenvalue weighted by molar-refractivity contribution is -0.141. The molecule has 5 rings (SSSR count). The van der Waals surface area contributed by atoms with Gasteiger partial charge in [0.25, 0.3) is 0 Å². The lowest BCUT2D eigenvalue weighted by Crippen LogP contribution is -2.56. The molecule has 0 aromatic heterocycles. The Hall–Kier alpha value is -2.78. The first kappa shape index (κ1) is 29.7. The maximum atomic E-state index is 14.3. The number of Topliss-reactive ketones (excluding diaryl/α,β-unsaturated/α-hetero) is 1. The van der Waals surface area contributed by atoms with Crippen LogP contribution in [0.2, 0.25) is 0 Å². The van der Waals surface area contributed by atoms with Crippen LogP contribution >= 0.6 is 0 Å². The molecule has 222 valence electrons. The molecule has 2 heterocycles. The number of hydrogen-bond acceptors (Lipinski definition) is 5. The van der Waals surface area contributed by atoms with E-state index in [0.717, 1.165) is 48.4 Å². The highest BCUT2D eigenvalue weighted by molar-refractivity contribution is 7.88. The SMILES string of the molecule is CC[C@@H](C)C(=O)N[C@H](C(=O)N1CC[C@@H]2[C@H]1[C@@H](C(=O)Cc1ccc3ccccc3c1)CN2S(C)(=O)=O)C1CCCCC1. The molecule has 1 aliphatic carbocycles. The number of nitrogens with one attached hydrogen (secondary N) is 1. The molecule has 2 saturated heterocycles. The lowest BCUT2D eigenvalue weighted by atomic mass is 9.82. The van der Waals surface area contributed by atoms with Crippen LogP contribution in [0.15, 0.2) is 42.5 Å². The van der Waals surface area contributed by atoms with Crippen LogP contribution in [0, 0.1) is 17.8 Å². The molecule has 1 N–H and O–H groups in total. The fourth-order valence-electron chi connectivity index (χ4n) is 7.16. The molecule has 3 fully saturated rings. The average Bonchev–Trinajstić information content (AvgIpc) is 3.56. The van der Waals surface area contributed by atoms with Crippen molar-refractivity contribution < 1.29 is 22.8 Å². The predicted octanol–water partition coefficient (Wildman–Crippen LogP) is 3.92. The number of fused-ring (bicyclic) bond motifs is 2. The van der Waals surface area contributed by atoms with E-state index in [-0.39, 0.29) is 42.4 Å². The van der Waals surface area contributed by atoms with Crippen molar-refractivity contribution in [2.24, 2.45) is 17.8 Å². The minimum absolute atomic E-state index is 0.0440. The van der Waals surface area contributed by atoms with Gasteiger partial charge >= 0.3 is 0 Å². The highest BCUT2D eigenvalue weighted by Gasteiger charge is 2.55. The standard InChI is InChI=1S/C32H43N3O5S/c1-4-21(2)31(37)33-29(24-11-6-5-7-12-24)32(38)34-17-16-27-30(34)26(20-35(27)41(3,39)40)28(36)19-22-14-15-23-10-8-9-13-25(23)18-22/h8-10,13-15,18,21,24,26-27,29-30H,4-7,11-12,16-17,19-20H2,1-3H3,(H,33,37)/t21-,26-,27-,29+,30-/m1/s1. The van der Waals surface area contributed by atoms with Crippen molar-refractivity contribution in [3.05, 3.63) is 48.0 Å². The molecular weight excluding hydrogens is 538 g/mol. The summed E-state index contributed by atoms with van der Waals surface area (Å²) in [6, 6.07) is 12.3. The van der Waals surface area contributed by atoms with Gasteiger partial charge in [0.2, 0.25) is 21.8 Å². The van der Waals surface area contributed by atoms with Crippen molar-refractivity contribution in [1.82, 2.24) is 14.5 Å². The van der Waals surface area contributed by atoms with Crippen LogP contribution in [-0.2, 0) is 30.8 Å². The second-order valence-electron chi connectivity index (χ2n) is 12.3. The lowest BCUT2D eigenvalue weighted by Gasteiger charge is -2.36. The van der Waals surface area contributed by atoms with Crippen LogP contribution in [0.1, 0.15) is 64.4 Å². The van der Waals surface area contributed by atoms with E-state index in [2.05, 4.69) is 5.32 Å². The molecule has 9 heteroatoms. The molecule has 0 bridgehead atoms. The summed E-state index contributed by atoms with van der Waals surface area (Å²) in [5.41, 5.74) is 0.875. The van der Waals surface area contributed by atoms with Gasteiger partial charge in [-0.05, 0) is 47.9 Å². The second-order valence-corrected chi connectivity index (χ2v) is 14.3. The molecule has 5 atom stereocenters. The first-order valence-corrected chi connectivity index (χ1v) is 17.0. The zero-order chi connectivity index (χ0) is 29.3. The van der Waals surface area contributed by atoms with Crippen LogP contribution < -0.4 is 5.32 Å². The molecule has 0 unspecified atom stereocenters. The number of carbonyl (C=O) groups excluding carboxylic acids is 3. The van der Waals surface area contributed by atoms with Gasteiger partial charge in [-0.15, -0.1) is 0 Å². The molecule has 8 nitrogen and oxygen atoms in total. The molecule has 1 saturated carbocycles. The summed E-state index contributed by atoms with van der Waals surface area (Å²) >= 11 is 0. The van der Waals surface area contributed by atoms with Crippen LogP contribution in [0.3, 0.4) is 0 Å². The average molecular weight is 582 g/mol. The van der Waals surface area contributed by atoms with Crippen LogP contribution in [-0.4, -0.2) is 72.7 Å². The minimum atomic E-state index is -3.57. The normalized spacial score (nSPS) is 25.1. The Labute approximate surface area is 243 Å². The van der Waals surface area contributed by atoms with Crippen molar-refractivity contribution in [3.8, 4) is 0 Å². The summed E-state index contributed by atoms with van der Waals surface area (Å²) in [4.78, 5) is 42.9. The van der Waals surface area contributed by atoms with Crippen LogP contribution in [0.25, 0.3) is 10.8 Å². The zero-order valence-electron chi connectivity index (χ0n) is 24.4. The van der Waals surface area contributed by atoms with Gasteiger partial charge in [0.15, 0.2) is 0 Å². The van der Waals surface area contributed by atoms with E-state index in [1.165, 1.54) is 10.6 Å². The van der Waals surface area contributed by atoms with E-state index in [9.17, 15) is 22.8 Å².